The molecule has 0 spiro atoms. The Balaban J connectivity index is 4.54. The van der Waals surface area contributed by atoms with Crippen LogP contribution in [0.1, 0.15) is 181 Å². The molecule has 0 rings (SSSR count). The summed E-state index contributed by atoms with van der Waals surface area (Å²) in [7, 11) is 0. The zero-order chi connectivity index (χ0) is 43.7. The van der Waals surface area contributed by atoms with Crippen molar-refractivity contribution in [3.63, 3.8) is 0 Å². The van der Waals surface area contributed by atoms with Crippen LogP contribution in [0.2, 0.25) is 0 Å². The molecule has 0 aliphatic carbocycles. The summed E-state index contributed by atoms with van der Waals surface area (Å²) in [6, 6.07) is 0. The largest absolute Gasteiger partial charge is 0.462 e. The molecule has 6 heteroatoms. The second kappa shape index (κ2) is 47.5. The molecule has 0 heterocycles. The van der Waals surface area contributed by atoms with Crippen molar-refractivity contribution in [2.75, 3.05) is 13.2 Å². The molecule has 1 atom stereocenters. The van der Waals surface area contributed by atoms with E-state index in [0.717, 1.165) is 83.5 Å². The molecule has 0 bridgehead atoms. The average Bonchev–Trinajstić information content (AvgIpc) is 3.24. The van der Waals surface area contributed by atoms with Gasteiger partial charge in [-0.1, -0.05) is 206 Å². The lowest BCUT2D eigenvalue weighted by molar-refractivity contribution is -0.167. The van der Waals surface area contributed by atoms with Gasteiger partial charge in [-0.25, -0.2) is 0 Å². The average molecular weight is 829 g/mol. The number of unbranched alkanes of at least 4 members (excludes halogenated alkanes) is 15. The van der Waals surface area contributed by atoms with Gasteiger partial charge in [0.15, 0.2) is 6.10 Å². The Morgan fingerprint density at radius 1 is 0.350 bits per heavy atom. The van der Waals surface area contributed by atoms with Crippen LogP contribution in [-0.4, -0.2) is 37.2 Å². The number of carbonyl (C=O) groups is 3. The second-order valence-electron chi connectivity index (χ2n) is 15.1. The number of hydrogen-bond acceptors (Lipinski definition) is 6. The Bertz CT molecular complexity index is 1320. The predicted molar refractivity (Wildman–Crippen MR) is 256 cm³/mol. The van der Waals surface area contributed by atoms with E-state index in [9.17, 15) is 14.4 Å². The number of hydrogen-bond donors (Lipinski definition) is 0. The van der Waals surface area contributed by atoms with E-state index in [0.29, 0.717) is 19.3 Å². The zero-order valence-corrected chi connectivity index (χ0v) is 38.2. The summed E-state index contributed by atoms with van der Waals surface area (Å²) < 4.78 is 16.7. The van der Waals surface area contributed by atoms with Gasteiger partial charge in [-0.05, 0) is 77.0 Å². The zero-order valence-electron chi connectivity index (χ0n) is 38.2. The minimum atomic E-state index is -0.818. The molecule has 336 valence electrons. The van der Waals surface area contributed by atoms with Gasteiger partial charge < -0.3 is 14.2 Å². The van der Waals surface area contributed by atoms with E-state index < -0.39 is 6.10 Å². The molecular weight excluding hydrogens is 745 g/mol. The molecule has 0 aromatic carbocycles. The quantitative estimate of drug-likeness (QED) is 0.0201. The minimum absolute atomic E-state index is 0.114. The lowest BCUT2D eigenvalue weighted by Crippen LogP contribution is -2.30. The minimum Gasteiger partial charge on any atom is -0.462 e. The number of ether oxygens (including phenoxy) is 3. The third-order valence-electron chi connectivity index (χ3n) is 9.38. The van der Waals surface area contributed by atoms with E-state index in [4.69, 9.17) is 14.2 Å². The van der Waals surface area contributed by atoms with Crippen molar-refractivity contribution in [1.82, 2.24) is 0 Å². The topological polar surface area (TPSA) is 78.9 Å². The first kappa shape index (κ1) is 55.8. The maximum Gasteiger partial charge on any atom is 0.306 e. The number of allylic oxidation sites excluding steroid dienone is 20. The summed E-state index contributed by atoms with van der Waals surface area (Å²) in [6.45, 7) is 6.15. The van der Waals surface area contributed by atoms with Crippen LogP contribution in [0.25, 0.3) is 0 Å². The Kier molecular flexibility index (Phi) is 44.2. The normalized spacial score (nSPS) is 13.2. The highest BCUT2D eigenvalue weighted by atomic mass is 16.6. The van der Waals surface area contributed by atoms with Crippen LogP contribution in [-0.2, 0) is 28.6 Å². The fourth-order valence-electron chi connectivity index (χ4n) is 5.92. The lowest BCUT2D eigenvalue weighted by atomic mass is 10.1. The summed E-state index contributed by atoms with van der Waals surface area (Å²) in [5, 5.41) is 0. The van der Waals surface area contributed by atoms with E-state index in [2.05, 4.69) is 87.6 Å². The van der Waals surface area contributed by atoms with Crippen LogP contribution in [0.3, 0.4) is 0 Å². The van der Waals surface area contributed by atoms with Crippen LogP contribution in [0.5, 0.6) is 0 Å². The van der Waals surface area contributed by atoms with Crippen LogP contribution < -0.4 is 0 Å². The molecule has 0 aromatic heterocycles. The fourth-order valence-corrected chi connectivity index (χ4v) is 5.92. The van der Waals surface area contributed by atoms with Crippen LogP contribution in [0.15, 0.2) is 122 Å². The predicted octanol–water partition coefficient (Wildman–Crippen LogP) is 15.4. The summed E-state index contributed by atoms with van der Waals surface area (Å²) in [5.74, 6) is -1.02. The molecule has 0 fully saturated rings. The Morgan fingerprint density at radius 3 is 1.18 bits per heavy atom. The second-order valence-corrected chi connectivity index (χ2v) is 15.1. The molecule has 0 amide bonds. The summed E-state index contributed by atoms with van der Waals surface area (Å²) in [4.78, 5) is 37.8. The third kappa shape index (κ3) is 44.9. The van der Waals surface area contributed by atoms with Crippen molar-refractivity contribution in [3.8, 4) is 0 Å². The molecule has 0 aliphatic heterocycles. The molecule has 1 unspecified atom stereocenters. The molecular formula is C54H84O6. The van der Waals surface area contributed by atoms with Crippen molar-refractivity contribution in [3.05, 3.63) is 122 Å². The van der Waals surface area contributed by atoms with Crippen LogP contribution >= 0.6 is 0 Å². The van der Waals surface area contributed by atoms with Gasteiger partial charge in [-0.15, -0.1) is 0 Å². The molecule has 0 N–H and O–H groups in total. The van der Waals surface area contributed by atoms with Gasteiger partial charge in [-0.2, -0.15) is 0 Å². The first-order valence-electron chi connectivity index (χ1n) is 23.6. The molecule has 60 heavy (non-hydrogen) atoms. The smallest absolute Gasteiger partial charge is 0.306 e. The SMILES string of the molecule is CC/C=C/C=C/C=C/C=C/C=C/CCCC(=O)OCC(COC(=O)CCCCCCCCC/C=C/C=C/C=C/CC)OC(=O)CCCCCCCCC/C=C/C/C=C/CC. The maximum absolute atomic E-state index is 12.8. The van der Waals surface area contributed by atoms with Gasteiger partial charge >= 0.3 is 17.9 Å². The molecule has 6 nitrogen and oxygen atoms in total. The van der Waals surface area contributed by atoms with E-state index in [1.54, 1.807) is 0 Å². The van der Waals surface area contributed by atoms with E-state index >= 15 is 0 Å². The molecule has 0 aromatic rings. The van der Waals surface area contributed by atoms with Gasteiger partial charge in [0.1, 0.15) is 13.2 Å². The standard InChI is InChI=1S/C54H84O6/c1-4-7-10-13-16-19-22-25-27-30-32-35-38-41-44-47-53(56)59-50-51(49-58-52(55)46-43-40-37-34-31-28-24-21-18-15-12-9-6-3)60-54(57)48-45-42-39-36-33-29-26-23-20-17-14-11-8-5-2/h7-13,15-22,24,28,31,34,37,51H,4-6,14,23,25-27,29-30,32-33,35-36,38-50H2,1-3H3/b10-7+,11-8+,12-9+,16-13+,18-15+,20-17+,22-19+,24-21+,31-28+,37-34+. The van der Waals surface area contributed by atoms with Gasteiger partial charge in [0.25, 0.3) is 0 Å². The van der Waals surface area contributed by atoms with Crippen molar-refractivity contribution in [2.45, 2.75) is 187 Å². The Morgan fingerprint density at radius 2 is 0.700 bits per heavy atom. The van der Waals surface area contributed by atoms with Gasteiger partial charge in [0.05, 0.1) is 0 Å². The fraction of sp³-hybridized carbons (Fsp3) is 0.574. The number of carbonyl (C=O) groups excluding carboxylic acids is 3. The van der Waals surface area contributed by atoms with Crippen molar-refractivity contribution >= 4 is 17.9 Å². The van der Waals surface area contributed by atoms with Crippen molar-refractivity contribution < 1.29 is 28.6 Å². The Labute approximate surface area is 367 Å². The van der Waals surface area contributed by atoms with Crippen LogP contribution in [0.4, 0.5) is 0 Å². The first-order valence-corrected chi connectivity index (χ1v) is 23.6. The van der Waals surface area contributed by atoms with Gasteiger partial charge in [0.2, 0.25) is 0 Å². The van der Waals surface area contributed by atoms with Crippen molar-refractivity contribution in [2.24, 2.45) is 0 Å². The number of esters is 3. The molecule has 0 radical (unpaired) electrons. The molecule has 0 saturated carbocycles. The lowest BCUT2D eigenvalue weighted by Gasteiger charge is -2.18. The maximum atomic E-state index is 12.8. The molecule has 0 saturated heterocycles. The first-order chi connectivity index (χ1) is 29.5. The monoisotopic (exact) mass is 829 g/mol. The van der Waals surface area contributed by atoms with E-state index in [1.807, 2.05) is 54.7 Å². The van der Waals surface area contributed by atoms with E-state index in [-0.39, 0.29) is 37.5 Å². The summed E-state index contributed by atoms with van der Waals surface area (Å²) >= 11 is 0. The highest BCUT2D eigenvalue weighted by Gasteiger charge is 2.19. The van der Waals surface area contributed by atoms with Gasteiger partial charge in [-0.3, -0.25) is 14.4 Å². The van der Waals surface area contributed by atoms with Gasteiger partial charge in [0, 0.05) is 19.3 Å². The highest BCUT2D eigenvalue weighted by molar-refractivity contribution is 5.71. The summed E-state index contributed by atoms with van der Waals surface area (Å²) in [6.07, 6.45) is 64.7. The Hall–Kier alpha value is -4.19. The third-order valence-corrected chi connectivity index (χ3v) is 9.38. The van der Waals surface area contributed by atoms with Crippen LogP contribution in [0, 0.1) is 0 Å². The van der Waals surface area contributed by atoms with Crippen molar-refractivity contribution in [1.29, 1.82) is 0 Å². The molecule has 0 aliphatic rings. The highest BCUT2D eigenvalue weighted by Crippen LogP contribution is 2.13. The van der Waals surface area contributed by atoms with E-state index in [1.165, 1.54) is 51.4 Å². The number of rotatable bonds is 40. The summed E-state index contributed by atoms with van der Waals surface area (Å²) in [5.41, 5.74) is 0.